The minimum absolute atomic E-state index is 0.0565. The van der Waals surface area contributed by atoms with Crippen LogP contribution in [0.1, 0.15) is 25.7 Å². The molecule has 0 unspecified atom stereocenters. The van der Waals surface area contributed by atoms with Crippen LogP contribution < -0.4 is 10.2 Å². The van der Waals surface area contributed by atoms with Crippen molar-refractivity contribution >= 4 is 21.7 Å². The molecular formula is C16H24N4O3S. The molecule has 0 bridgehead atoms. The van der Waals surface area contributed by atoms with Crippen LogP contribution in [0, 0.1) is 5.92 Å². The molecule has 132 valence electrons. The Morgan fingerprint density at radius 2 is 1.83 bits per heavy atom. The lowest BCUT2D eigenvalue weighted by Crippen LogP contribution is -2.39. The molecule has 0 radical (unpaired) electrons. The lowest BCUT2D eigenvalue weighted by atomic mass is 9.96. The molecule has 1 amide bonds. The monoisotopic (exact) mass is 352 g/mol. The van der Waals surface area contributed by atoms with Crippen LogP contribution in [0.25, 0.3) is 0 Å². The number of piperidine rings is 1. The Hall–Kier alpha value is -1.67. The molecule has 8 heteroatoms. The smallest absolute Gasteiger partial charge is 0.244 e. The molecule has 0 aromatic carbocycles. The number of anilines is 1. The van der Waals surface area contributed by atoms with E-state index in [1.54, 1.807) is 19.2 Å². The number of rotatable bonds is 4. The predicted octanol–water partition coefficient (Wildman–Crippen LogP) is 0.828. The largest absolute Gasteiger partial charge is 0.359 e. The van der Waals surface area contributed by atoms with Gasteiger partial charge in [-0.25, -0.2) is 13.4 Å². The number of hydrogen-bond acceptors (Lipinski definition) is 5. The van der Waals surface area contributed by atoms with Crippen LogP contribution >= 0.6 is 0 Å². The summed E-state index contributed by atoms with van der Waals surface area (Å²) >= 11 is 0. The fourth-order valence-corrected chi connectivity index (χ4v) is 4.83. The fraction of sp³-hybridized carbons (Fsp3) is 0.625. The normalized spacial score (nSPS) is 20.3. The number of carbonyl (C=O) groups is 1. The summed E-state index contributed by atoms with van der Waals surface area (Å²) in [6.07, 6.45) is 4.87. The zero-order valence-corrected chi connectivity index (χ0v) is 14.8. The maximum absolute atomic E-state index is 12.5. The molecule has 24 heavy (non-hydrogen) atoms. The van der Waals surface area contributed by atoms with Gasteiger partial charge in [0.1, 0.15) is 10.7 Å². The SMILES string of the molecule is CNC(=O)C1CCN(c2ccc(S(=O)(=O)N3CCCC3)cn2)CC1. The average Bonchev–Trinajstić information content (AvgIpc) is 3.17. The van der Waals surface area contributed by atoms with Gasteiger partial charge in [-0.2, -0.15) is 4.31 Å². The third-order valence-electron chi connectivity index (χ3n) is 4.86. The fourth-order valence-electron chi connectivity index (χ4n) is 3.36. The summed E-state index contributed by atoms with van der Waals surface area (Å²) in [7, 11) is -1.75. The van der Waals surface area contributed by atoms with E-state index >= 15 is 0 Å². The van der Waals surface area contributed by atoms with Crippen molar-refractivity contribution in [2.75, 3.05) is 38.1 Å². The quantitative estimate of drug-likeness (QED) is 0.868. The molecule has 1 aromatic heterocycles. The summed E-state index contributed by atoms with van der Waals surface area (Å²) in [5.41, 5.74) is 0. The second-order valence-electron chi connectivity index (χ2n) is 6.34. The Morgan fingerprint density at radius 1 is 1.17 bits per heavy atom. The first-order valence-electron chi connectivity index (χ1n) is 8.45. The summed E-state index contributed by atoms with van der Waals surface area (Å²) in [5, 5.41) is 2.70. The minimum Gasteiger partial charge on any atom is -0.359 e. The second-order valence-corrected chi connectivity index (χ2v) is 8.28. The van der Waals surface area contributed by atoms with Crippen LogP contribution in [0.3, 0.4) is 0 Å². The van der Waals surface area contributed by atoms with E-state index in [0.29, 0.717) is 13.1 Å². The molecule has 0 spiro atoms. The van der Waals surface area contributed by atoms with Gasteiger partial charge in [-0.05, 0) is 37.8 Å². The van der Waals surface area contributed by atoms with E-state index in [1.807, 2.05) is 0 Å². The molecule has 2 saturated heterocycles. The molecule has 1 aromatic rings. The number of nitrogens with one attached hydrogen (secondary N) is 1. The van der Waals surface area contributed by atoms with Crippen LogP contribution in [0.15, 0.2) is 23.2 Å². The minimum atomic E-state index is -3.41. The Kier molecular flexibility index (Phi) is 5.05. The van der Waals surface area contributed by atoms with Crippen LogP contribution in [-0.2, 0) is 14.8 Å². The Labute approximate surface area is 143 Å². The molecule has 7 nitrogen and oxygen atoms in total. The van der Waals surface area contributed by atoms with Crippen LogP contribution in [-0.4, -0.2) is 56.8 Å². The number of pyridine rings is 1. The summed E-state index contributed by atoms with van der Waals surface area (Å²) in [6.45, 7) is 2.70. The number of nitrogens with zero attached hydrogens (tertiary/aromatic N) is 3. The third kappa shape index (κ3) is 3.39. The van der Waals surface area contributed by atoms with Gasteiger partial charge in [-0.1, -0.05) is 0 Å². The zero-order valence-electron chi connectivity index (χ0n) is 13.9. The van der Waals surface area contributed by atoms with Gasteiger partial charge in [0.2, 0.25) is 15.9 Å². The van der Waals surface area contributed by atoms with Gasteiger partial charge in [-0.15, -0.1) is 0 Å². The summed E-state index contributed by atoms with van der Waals surface area (Å²) in [5.74, 6) is 0.918. The van der Waals surface area contributed by atoms with E-state index in [9.17, 15) is 13.2 Å². The standard InChI is InChI=1S/C16H24N4O3S/c1-17-16(21)13-6-10-19(11-7-13)15-5-4-14(12-18-15)24(22,23)20-8-2-3-9-20/h4-5,12-13H,2-3,6-11H2,1H3,(H,17,21). The van der Waals surface area contributed by atoms with Gasteiger partial charge >= 0.3 is 0 Å². The molecular weight excluding hydrogens is 328 g/mol. The summed E-state index contributed by atoms with van der Waals surface area (Å²) in [6, 6.07) is 3.41. The lowest BCUT2D eigenvalue weighted by Gasteiger charge is -2.32. The highest BCUT2D eigenvalue weighted by Gasteiger charge is 2.28. The van der Waals surface area contributed by atoms with E-state index in [4.69, 9.17) is 0 Å². The summed E-state index contributed by atoms with van der Waals surface area (Å²) in [4.78, 5) is 18.4. The Morgan fingerprint density at radius 3 is 2.38 bits per heavy atom. The Bertz CT molecular complexity index is 676. The molecule has 0 aliphatic carbocycles. The van der Waals surface area contributed by atoms with Crippen LogP contribution in [0.4, 0.5) is 5.82 Å². The van der Waals surface area contributed by atoms with Gasteiger partial charge in [0.05, 0.1) is 0 Å². The van der Waals surface area contributed by atoms with Gasteiger partial charge in [0.15, 0.2) is 0 Å². The van der Waals surface area contributed by atoms with Crippen molar-refractivity contribution in [3.8, 4) is 0 Å². The highest BCUT2D eigenvalue weighted by Crippen LogP contribution is 2.24. The van der Waals surface area contributed by atoms with Crippen molar-refractivity contribution in [1.29, 1.82) is 0 Å². The number of carbonyl (C=O) groups excluding carboxylic acids is 1. The first kappa shape index (κ1) is 17.2. The maximum atomic E-state index is 12.5. The maximum Gasteiger partial charge on any atom is 0.244 e. The van der Waals surface area contributed by atoms with Gasteiger partial charge in [0.25, 0.3) is 0 Å². The second kappa shape index (κ2) is 7.06. The van der Waals surface area contributed by atoms with Crippen molar-refractivity contribution in [3.63, 3.8) is 0 Å². The van der Waals surface area contributed by atoms with E-state index in [1.165, 1.54) is 10.5 Å². The van der Waals surface area contributed by atoms with Gasteiger partial charge in [0, 0.05) is 45.3 Å². The molecule has 2 aliphatic heterocycles. The van der Waals surface area contributed by atoms with Crippen LogP contribution in [0.2, 0.25) is 0 Å². The van der Waals surface area contributed by atoms with E-state index < -0.39 is 10.0 Å². The van der Waals surface area contributed by atoms with E-state index in [0.717, 1.165) is 44.6 Å². The van der Waals surface area contributed by atoms with E-state index in [2.05, 4.69) is 15.2 Å². The molecule has 2 aliphatic rings. The predicted molar refractivity (Wildman–Crippen MR) is 91.2 cm³/mol. The highest BCUT2D eigenvalue weighted by molar-refractivity contribution is 7.89. The average molecular weight is 352 g/mol. The molecule has 3 rings (SSSR count). The number of sulfonamides is 1. The topological polar surface area (TPSA) is 82.6 Å². The molecule has 1 N–H and O–H groups in total. The Balaban J connectivity index is 1.66. The molecule has 0 atom stereocenters. The number of aromatic nitrogens is 1. The zero-order chi connectivity index (χ0) is 17.2. The van der Waals surface area contributed by atoms with Crippen molar-refractivity contribution < 1.29 is 13.2 Å². The molecule has 2 fully saturated rings. The van der Waals surface area contributed by atoms with Crippen molar-refractivity contribution in [1.82, 2.24) is 14.6 Å². The van der Waals surface area contributed by atoms with E-state index in [-0.39, 0.29) is 16.7 Å². The number of hydrogen-bond donors (Lipinski definition) is 1. The van der Waals surface area contributed by atoms with Crippen molar-refractivity contribution in [2.45, 2.75) is 30.6 Å². The first-order valence-corrected chi connectivity index (χ1v) is 9.89. The first-order chi connectivity index (χ1) is 11.5. The summed E-state index contributed by atoms with van der Waals surface area (Å²) < 4.78 is 26.5. The van der Waals surface area contributed by atoms with Crippen molar-refractivity contribution in [2.24, 2.45) is 5.92 Å². The third-order valence-corrected chi connectivity index (χ3v) is 6.74. The number of amides is 1. The van der Waals surface area contributed by atoms with Crippen LogP contribution in [0.5, 0.6) is 0 Å². The molecule has 3 heterocycles. The van der Waals surface area contributed by atoms with Crippen molar-refractivity contribution in [3.05, 3.63) is 18.3 Å². The van der Waals surface area contributed by atoms with Gasteiger partial charge in [-0.3, -0.25) is 4.79 Å². The lowest BCUT2D eigenvalue weighted by molar-refractivity contribution is -0.125. The van der Waals surface area contributed by atoms with Gasteiger partial charge < -0.3 is 10.2 Å². The highest BCUT2D eigenvalue weighted by atomic mass is 32.2. The molecule has 0 saturated carbocycles.